The zero-order valence-electron chi connectivity index (χ0n) is 18.9. The van der Waals surface area contributed by atoms with Crippen LogP contribution in [0.3, 0.4) is 0 Å². The van der Waals surface area contributed by atoms with Crippen LogP contribution in [0.1, 0.15) is 11.1 Å². The summed E-state index contributed by atoms with van der Waals surface area (Å²) in [5, 5.41) is 3.37. The third-order valence-electron chi connectivity index (χ3n) is 6.30. The number of anilines is 3. The first-order valence-electron chi connectivity index (χ1n) is 11.4. The maximum atomic E-state index is 6.19. The Kier molecular flexibility index (Phi) is 5.06. The van der Waals surface area contributed by atoms with E-state index in [0.717, 1.165) is 72.5 Å². The summed E-state index contributed by atoms with van der Waals surface area (Å²) in [7, 11) is 1.63. The van der Waals surface area contributed by atoms with Gasteiger partial charge in [0.25, 0.3) is 0 Å². The number of nitrogens with one attached hydrogen (secondary N) is 1. The van der Waals surface area contributed by atoms with Crippen LogP contribution in [0.2, 0.25) is 0 Å². The van der Waals surface area contributed by atoms with Gasteiger partial charge in [-0.3, -0.25) is 9.98 Å². The highest BCUT2D eigenvalue weighted by atomic mass is 16.5. The maximum Gasteiger partial charge on any atom is 0.224 e. The van der Waals surface area contributed by atoms with Gasteiger partial charge in [0.2, 0.25) is 11.8 Å². The van der Waals surface area contributed by atoms with Crippen LogP contribution in [0.5, 0.6) is 5.88 Å². The van der Waals surface area contributed by atoms with E-state index in [1.54, 1.807) is 19.5 Å². The fraction of sp³-hybridized carbons (Fsp3) is 0.292. The molecule has 0 atom stereocenters. The number of hydrogen-bond donors (Lipinski definition) is 2. The Morgan fingerprint density at radius 1 is 1.00 bits per heavy atom. The summed E-state index contributed by atoms with van der Waals surface area (Å²) < 4.78 is 5.74. The molecule has 1 saturated heterocycles. The normalized spacial score (nSPS) is 17.1. The second-order valence-corrected chi connectivity index (χ2v) is 8.28. The molecule has 1 fully saturated rings. The lowest BCUT2D eigenvalue weighted by Gasteiger charge is -2.30. The molecule has 0 aliphatic carbocycles. The number of pyridine rings is 2. The first-order valence-corrected chi connectivity index (χ1v) is 11.4. The maximum absolute atomic E-state index is 6.19. The van der Waals surface area contributed by atoms with Crippen LogP contribution in [0.15, 0.2) is 41.7 Å². The van der Waals surface area contributed by atoms with Crippen molar-refractivity contribution in [3.63, 3.8) is 0 Å². The molecule has 0 radical (unpaired) electrons. The van der Waals surface area contributed by atoms with E-state index in [1.807, 2.05) is 24.3 Å². The summed E-state index contributed by atoms with van der Waals surface area (Å²) in [6.45, 7) is 5.10. The Labute approximate surface area is 197 Å². The number of hydrogen-bond acceptors (Lipinski definition) is 10. The lowest BCUT2D eigenvalue weighted by Crippen LogP contribution is -2.43. The second kappa shape index (κ2) is 8.38. The number of piperazine rings is 1. The molecular weight excluding hydrogens is 430 g/mol. The highest BCUT2D eigenvalue weighted by Gasteiger charge is 2.33. The van der Waals surface area contributed by atoms with Crippen molar-refractivity contribution in [3.05, 3.63) is 47.8 Å². The van der Waals surface area contributed by atoms with Crippen molar-refractivity contribution in [1.29, 1.82) is 0 Å². The minimum atomic E-state index is 0.203. The van der Waals surface area contributed by atoms with E-state index in [4.69, 9.17) is 20.4 Å². The predicted octanol–water partition coefficient (Wildman–Crippen LogP) is 1.71. The molecule has 6 rings (SSSR count). The van der Waals surface area contributed by atoms with Crippen molar-refractivity contribution in [2.45, 2.75) is 0 Å². The highest BCUT2D eigenvalue weighted by molar-refractivity contribution is 6.36. The van der Waals surface area contributed by atoms with Crippen LogP contribution in [0.25, 0.3) is 22.9 Å². The molecule has 0 spiro atoms. The Balaban J connectivity index is 1.51. The van der Waals surface area contributed by atoms with Crippen LogP contribution in [0.4, 0.5) is 17.6 Å². The fourth-order valence-electron chi connectivity index (χ4n) is 4.69. The summed E-state index contributed by atoms with van der Waals surface area (Å²) in [6.07, 6.45) is 5.66. The molecule has 0 saturated carbocycles. The molecule has 10 heteroatoms. The molecule has 0 bridgehead atoms. The van der Waals surface area contributed by atoms with E-state index >= 15 is 0 Å². The van der Waals surface area contributed by atoms with E-state index in [0.29, 0.717) is 18.1 Å². The van der Waals surface area contributed by atoms with Crippen molar-refractivity contribution in [1.82, 2.24) is 25.3 Å². The van der Waals surface area contributed by atoms with Crippen LogP contribution >= 0.6 is 0 Å². The lowest BCUT2D eigenvalue weighted by molar-refractivity contribution is 0.399. The van der Waals surface area contributed by atoms with Gasteiger partial charge in [-0.05, 0) is 35.9 Å². The van der Waals surface area contributed by atoms with Crippen molar-refractivity contribution in [3.8, 4) is 17.1 Å². The number of aromatic nitrogens is 4. The van der Waals surface area contributed by atoms with E-state index in [9.17, 15) is 0 Å². The number of ether oxygens (including phenoxy) is 1. The molecule has 0 unspecified atom stereocenters. The molecule has 172 valence electrons. The largest absolute Gasteiger partial charge is 0.480 e. The SMILES string of the molecule is COc1nc(N2CCNCC2)ccc1-c1nc(N)nc2c1C=C(c1ccncc1)C1=NCCN12. The van der Waals surface area contributed by atoms with Gasteiger partial charge in [0, 0.05) is 56.3 Å². The van der Waals surface area contributed by atoms with Crippen LogP contribution in [-0.4, -0.2) is 72.1 Å². The molecule has 3 aromatic rings. The summed E-state index contributed by atoms with van der Waals surface area (Å²) in [5.74, 6) is 3.25. The smallest absolute Gasteiger partial charge is 0.224 e. The number of methoxy groups -OCH3 is 1. The van der Waals surface area contributed by atoms with Gasteiger partial charge in [-0.2, -0.15) is 9.97 Å². The zero-order valence-corrected chi connectivity index (χ0v) is 18.9. The van der Waals surface area contributed by atoms with Crippen molar-refractivity contribution in [2.75, 3.05) is 61.9 Å². The average molecular weight is 456 g/mol. The number of nitrogens with zero attached hydrogens (tertiary/aromatic N) is 7. The molecule has 10 nitrogen and oxygen atoms in total. The van der Waals surface area contributed by atoms with E-state index in [1.165, 1.54) is 0 Å². The predicted molar refractivity (Wildman–Crippen MR) is 133 cm³/mol. The Bertz CT molecular complexity index is 1300. The van der Waals surface area contributed by atoms with Gasteiger partial charge in [0.1, 0.15) is 17.5 Å². The molecule has 3 aliphatic rings. The number of amidine groups is 1. The van der Waals surface area contributed by atoms with Gasteiger partial charge in [-0.1, -0.05) is 0 Å². The monoisotopic (exact) mass is 455 g/mol. The molecule has 3 aliphatic heterocycles. The minimum Gasteiger partial charge on any atom is -0.480 e. The summed E-state index contributed by atoms with van der Waals surface area (Å²) in [5.41, 5.74) is 10.6. The van der Waals surface area contributed by atoms with Crippen LogP contribution in [0, 0.1) is 0 Å². The number of rotatable bonds is 4. The molecule has 34 heavy (non-hydrogen) atoms. The Hall–Kier alpha value is -4.05. The van der Waals surface area contributed by atoms with Gasteiger partial charge >= 0.3 is 0 Å². The van der Waals surface area contributed by atoms with Crippen LogP contribution < -0.4 is 25.6 Å². The first-order chi connectivity index (χ1) is 16.7. The molecule has 6 heterocycles. The third kappa shape index (κ3) is 3.43. The van der Waals surface area contributed by atoms with Crippen molar-refractivity contribution < 1.29 is 4.74 Å². The highest BCUT2D eigenvalue weighted by Crippen LogP contribution is 2.41. The van der Waals surface area contributed by atoms with Gasteiger partial charge in [0.05, 0.1) is 24.9 Å². The first kappa shape index (κ1) is 20.5. The van der Waals surface area contributed by atoms with Crippen molar-refractivity contribution in [2.24, 2.45) is 4.99 Å². The van der Waals surface area contributed by atoms with Gasteiger partial charge in [-0.25, -0.2) is 4.98 Å². The molecule has 3 aromatic heterocycles. The van der Waals surface area contributed by atoms with Gasteiger partial charge in [0.15, 0.2) is 0 Å². The minimum absolute atomic E-state index is 0.203. The summed E-state index contributed by atoms with van der Waals surface area (Å²) in [6, 6.07) is 8.00. The Morgan fingerprint density at radius 2 is 1.82 bits per heavy atom. The molecule has 0 aromatic carbocycles. The second-order valence-electron chi connectivity index (χ2n) is 8.28. The molecule has 0 amide bonds. The Morgan fingerprint density at radius 3 is 2.62 bits per heavy atom. The van der Waals surface area contributed by atoms with E-state index in [-0.39, 0.29) is 5.95 Å². The standard InChI is InChI=1S/C24H25N9O/c1-34-23-16(2-3-19(29-23)32-11-8-27-9-12-32)20-18-14-17(15-4-6-26-7-5-15)21-28-10-13-33(21)22(18)31-24(25)30-20/h2-7,14,27H,8-13H2,1H3,(H2,25,30,31). The van der Waals surface area contributed by atoms with Crippen molar-refractivity contribution >= 4 is 35.1 Å². The number of nitrogen functional groups attached to an aromatic ring is 1. The van der Waals surface area contributed by atoms with E-state index < -0.39 is 0 Å². The van der Waals surface area contributed by atoms with Gasteiger partial charge < -0.3 is 25.6 Å². The lowest BCUT2D eigenvalue weighted by atomic mass is 9.96. The average Bonchev–Trinajstić information content (AvgIpc) is 3.39. The van der Waals surface area contributed by atoms with E-state index in [2.05, 4.69) is 36.1 Å². The zero-order chi connectivity index (χ0) is 23.1. The number of fused-ring (bicyclic) bond motifs is 3. The van der Waals surface area contributed by atoms with Crippen LogP contribution in [-0.2, 0) is 0 Å². The topological polar surface area (TPSA) is 118 Å². The van der Waals surface area contributed by atoms with Gasteiger partial charge in [-0.15, -0.1) is 0 Å². The molecular formula is C24H25N9O. The summed E-state index contributed by atoms with van der Waals surface area (Å²) >= 11 is 0. The quantitative estimate of drug-likeness (QED) is 0.606. The third-order valence-corrected chi connectivity index (χ3v) is 6.30. The number of nitrogens with two attached hydrogens (primary N) is 1. The number of aliphatic imine (C=N–C) groups is 1. The molecule has 3 N–H and O–H groups in total. The fourth-order valence-corrected chi connectivity index (χ4v) is 4.69. The summed E-state index contributed by atoms with van der Waals surface area (Å²) in [4.78, 5) is 27.3.